The molecule has 98 valence electrons. The molecular formula is C13H21ClFNS. The van der Waals surface area contributed by atoms with E-state index in [0.717, 1.165) is 17.9 Å². The van der Waals surface area contributed by atoms with E-state index in [1.54, 1.807) is 6.07 Å². The SMILES string of the molecule is CC(C)(C)SCCNCc1ccccc1F.Cl. The molecule has 0 aromatic heterocycles. The first-order valence-electron chi connectivity index (χ1n) is 5.57. The number of hydrogen-bond acceptors (Lipinski definition) is 2. The zero-order valence-electron chi connectivity index (χ0n) is 10.6. The quantitative estimate of drug-likeness (QED) is 0.820. The van der Waals surface area contributed by atoms with E-state index in [9.17, 15) is 4.39 Å². The molecular weight excluding hydrogens is 257 g/mol. The minimum Gasteiger partial charge on any atom is -0.312 e. The van der Waals surface area contributed by atoms with E-state index in [-0.39, 0.29) is 18.2 Å². The summed E-state index contributed by atoms with van der Waals surface area (Å²) in [4.78, 5) is 0. The van der Waals surface area contributed by atoms with Crippen LogP contribution in [0.3, 0.4) is 0 Å². The van der Waals surface area contributed by atoms with E-state index >= 15 is 0 Å². The van der Waals surface area contributed by atoms with E-state index < -0.39 is 0 Å². The third-order valence-electron chi connectivity index (χ3n) is 2.09. The predicted octanol–water partition coefficient (Wildman–Crippen LogP) is 3.87. The third-order valence-corrected chi connectivity index (χ3v) is 3.36. The van der Waals surface area contributed by atoms with E-state index in [4.69, 9.17) is 0 Å². The summed E-state index contributed by atoms with van der Waals surface area (Å²) in [6.07, 6.45) is 0. The lowest BCUT2D eigenvalue weighted by molar-refractivity contribution is 0.594. The minimum absolute atomic E-state index is 0. The summed E-state index contributed by atoms with van der Waals surface area (Å²) in [5, 5.41) is 3.25. The molecule has 0 fully saturated rings. The van der Waals surface area contributed by atoms with Gasteiger partial charge in [0.1, 0.15) is 5.82 Å². The highest BCUT2D eigenvalue weighted by atomic mass is 35.5. The number of nitrogens with one attached hydrogen (secondary N) is 1. The van der Waals surface area contributed by atoms with Gasteiger partial charge in [0.2, 0.25) is 0 Å². The van der Waals surface area contributed by atoms with Gasteiger partial charge in [0.15, 0.2) is 0 Å². The highest BCUT2D eigenvalue weighted by molar-refractivity contribution is 8.00. The van der Waals surface area contributed by atoms with Gasteiger partial charge >= 0.3 is 0 Å². The van der Waals surface area contributed by atoms with Crippen LogP contribution in [-0.2, 0) is 6.54 Å². The van der Waals surface area contributed by atoms with Gasteiger partial charge < -0.3 is 5.32 Å². The maximum atomic E-state index is 13.2. The molecule has 1 aromatic rings. The van der Waals surface area contributed by atoms with Crippen LogP contribution in [0.15, 0.2) is 24.3 Å². The molecule has 0 aliphatic heterocycles. The Morgan fingerprint density at radius 3 is 2.47 bits per heavy atom. The summed E-state index contributed by atoms with van der Waals surface area (Å²) in [5.41, 5.74) is 0.739. The number of thioether (sulfide) groups is 1. The van der Waals surface area contributed by atoms with E-state index in [1.807, 2.05) is 23.9 Å². The zero-order chi connectivity index (χ0) is 12.0. The van der Waals surface area contributed by atoms with Gasteiger partial charge in [-0.15, -0.1) is 12.4 Å². The fourth-order valence-corrected chi connectivity index (χ4v) is 2.15. The Labute approximate surface area is 114 Å². The average molecular weight is 278 g/mol. The van der Waals surface area contributed by atoms with E-state index in [1.165, 1.54) is 6.07 Å². The van der Waals surface area contributed by atoms with Crippen molar-refractivity contribution in [2.75, 3.05) is 12.3 Å². The van der Waals surface area contributed by atoms with Crippen molar-refractivity contribution in [3.8, 4) is 0 Å². The molecule has 0 unspecified atom stereocenters. The molecule has 0 bridgehead atoms. The molecule has 0 aliphatic rings. The van der Waals surface area contributed by atoms with Crippen LogP contribution >= 0.6 is 24.2 Å². The average Bonchev–Trinajstić information content (AvgIpc) is 2.18. The molecule has 1 nitrogen and oxygen atoms in total. The van der Waals surface area contributed by atoms with Crippen LogP contribution in [0, 0.1) is 5.82 Å². The summed E-state index contributed by atoms with van der Waals surface area (Å²) in [5.74, 6) is 0.927. The number of hydrogen-bond donors (Lipinski definition) is 1. The van der Waals surface area contributed by atoms with Crippen LogP contribution in [-0.4, -0.2) is 17.0 Å². The summed E-state index contributed by atoms with van der Waals surface area (Å²) in [7, 11) is 0. The van der Waals surface area contributed by atoms with Gasteiger partial charge in [-0.2, -0.15) is 11.8 Å². The van der Waals surface area contributed by atoms with E-state index in [2.05, 4.69) is 26.1 Å². The molecule has 4 heteroatoms. The molecule has 0 radical (unpaired) electrons. The smallest absolute Gasteiger partial charge is 0.127 e. The lowest BCUT2D eigenvalue weighted by Crippen LogP contribution is -2.20. The minimum atomic E-state index is -0.126. The number of rotatable bonds is 5. The van der Waals surface area contributed by atoms with Crippen molar-refractivity contribution in [2.24, 2.45) is 0 Å². The lowest BCUT2D eigenvalue weighted by atomic mass is 10.2. The highest BCUT2D eigenvalue weighted by Crippen LogP contribution is 2.22. The topological polar surface area (TPSA) is 12.0 Å². The molecule has 0 atom stereocenters. The standard InChI is InChI=1S/C13H20FNS.ClH/c1-13(2,3)16-9-8-15-10-11-6-4-5-7-12(11)14;/h4-7,15H,8-10H2,1-3H3;1H. The van der Waals surface area contributed by atoms with E-state index in [0.29, 0.717) is 11.3 Å². The first-order chi connectivity index (χ1) is 7.49. The second-order valence-corrected chi connectivity index (χ2v) is 6.65. The molecule has 1 N–H and O–H groups in total. The number of benzene rings is 1. The Morgan fingerprint density at radius 2 is 1.88 bits per heavy atom. The maximum absolute atomic E-state index is 13.2. The van der Waals surface area contributed by atoms with Gasteiger partial charge in [0.05, 0.1) is 0 Å². The first kappa shape index (κ1) is 16.8. The maximum Gasteiger partial charge on any atom is 0.127 e. The summed E-state index contributed by atoms with van der Waals surface area (Å²) in [6, 6.07) is 6.90. The Hall–Kier alpha value is -0.250. The predicted molar refractivity (Wildman–Crippen MR) is 77.6 cm³/mol. The third kappa shape index (κ3) is 7.63. The number of halogens is 2. The van der Waals surface area contributed by atoms with Crippen molar-refractivity contribution < 1.29 is 4.39 Å². The van der Waals surface area contributed by atoms with Crippen molar-refractivity contribution in [2.45, 2.75) is 32.1 Å². The molecule has 1 rings (SSSR count). The Morgan fingerprint density at radius 1 is 1.24 bits per heavy atom. The van der Waals surface area contributed by atoms with Crippen molar-refractivity contribution in [3.63, 3.8) is 0 Å². The second kappa shape index (κ2) is 7.96. The van der Waals surface area contributed by atoms with Crippen LogP contribution < -0.4 is 5.32 Å². The Kier molecular flexibility index (Phi) is 7.84. The van der Waals surface area contributed by atoms with Crippen LogP contribution in [0.2, 0.25) is 0 Å². The van der Waals surface area contributed by atoms with Crippen LogP contribution in [0.1, 0.15) is 26.3 Å². The molecule has 17 heavy (non-hydrogen) atoms. The largest absolute Gasteiger partial charge is 0.312 e. The molecule has 0 heterocycles. The van der Waals surface area contributed by atoms with Crippen molar-refractivity contribution >= 4 is 24.2 Å². The van der Waals surface area contributed by atoms with Gasteiger partial charge in [0.25, 0.3) is 0 Å². The van der Waals surface area contributed by atoms with Crippen LogP contribution in [0.25, 0.3) is 0 Å². The molecule has 0 aliphatic carbocycles. The van der Waals surface area contributed by atoms with Crippen LogP contribution in [0.4, 0.5) is 4.39 Å². The summed E-state index contributed by atoms with van der Waals surface area (Å²) < 4.78 is 13.5. The van der Waals surface area contributed by atoms with Crippen molar-refractivity contribution in [1.82, 2.24) is 5.32 Å². The van der Waals surface area contributed by atoms with Gasteiger partial charge in [-0.05, 0) is 6.07 Å². The van der Waals surface area contributed by atoms with Gasteiger partial charge in [-0.25, -0.2) is 4.39 Å². The van der Waals surface area contributed by atoms with Crippen molar-refractivity contribution in [3.05, 3.63) is 35.6 Å². The second-order valence-electron chi connectivity index (χ2n) is 4.73. The normalized spacial score (nSPS) is 11.1. The monoisotopic (exact) mass is 277 g/mol. The summed E-state index contributed by atoms with van der Waals surface area (Å²) >= 11 is 1.92. The molecule has 0 amide bonds. The van der Waals surface area contributed by atoms with Gasteiger partial charge in [-0.3, -0.25) is 0 Å². The van der Waals surface area contributed by atoms with Gasteiger partial charge in [0, 0.05) is 29.2 Å². The summed E-state index contributed by atoms with van der Waals surface area (Å²) in [6.45, 7) is 8.13. The molecule has 0 spiro atoms. The zero-order valence-corrected chi connectivity index (χ0v) is 12.3. The molecule has 0 saturated heterocycles. The van der Waals surface area contributed by atoms with Crippen molar-refractivity contribution in [1.29, 1.82) is 0 Å². The fraction of sp³-hybridized carbons (Fsp3) is 0.538. The van der Waals surface area contributed by atoms with Crippen LogP contribution in [0.5, 0.6) is 0 Å². The fourth-order valence-electron chi connectivity index (χ4n) is 1.29. The Bertz CT molecular complexity index is 325. The Balaban J connectivity index is 0.00000256. The first-order valence-corrected chi connectivity index (χ1v) is 6.56. The lowest BCUT2D eigenvalue weighted by Gasteiger charge is -2.17. The molecule has 1 aromatic carbocycles. The molecule has 0 saturated carbocycles. The highest BCUT2D eigenvalue weighted by Gasteiger charge is 2.09. The van der Waals surface area contributed by atoms with Gasteiger partial charge in [-0.1, -0.05) is 39.0 Å².